The molecular weight excluding hydrogens is 344 g/mol. The first-order chi connectivity index (χ1) is 13.1. The molecule has 1 saturated heterocycles. The summed E-state index contributed by atoms with van der Waals surface area (Å²) in [4.78, 5) is 18.1. The number of hydrogen-bond acceptors (Lipinski definition) is 7. The highest BCUT2D eigenvalue weighted by Crippen LogP contribution is 2.23. The van der Waals surface area contributed by atoms with Crippen molar-refractivity contribution < 1.29 is 9.53 Å². The highest BCUT2D eigenvalue weighted by molar-refractivity contribution is 5.67. The minimum absolute atomic E-state index is 0.236. The number of amides is 1. The number of likely N-dealkylation sites (tertiary alicyclic amines) is 1. The minimum Gasteiger partial charge on any atom is -0.450 e. The maximum atomic E-state index is 11.8. The Kier molecular flexibility index (Phi) is 6.05. The third-order valence-corrected chi connectivity index (χ3v) is 4.65. The molecule has 1 aliphatic heterocycles. The number of ether oxygens (including phenoxy) is 1. The summed E-state index contributed by atoms with van der Waals surface area (Å²) in [5.74, 6) is 1.13. The monoisotopic (exact) mass is 370 g/mol. The number of anilines is 3. The molecule has 1 aromatic carbocycles. The van der Waals surface area contributed by atoms with E-state index >= 15 is 0 Å². The maximum Gasteiger partial charge on any atom is 0.409 e. The van der Waals surface area contributed by atoms with Gasteiger partial charge in [0.2, 0.25) is 5.95 Å². The fourth-order valence-corrected chi connectivity index (χ4v) is 3.18. The molecule has 27 heavy (non-hydrogen) atoms. The molecule has 2 aromatic rings. The molecule has 1 amide bonds. The molecule has 1 aromatic heterocycles. The van der Waals surface area contributed by atoms with Gasteiger partial charge in [0.05, 0.1) is 12.8 Å². The predicted molar refractivity (Wildman–Crippen MR) is 104 cm³/mol. The molecule has 8 heteroatoms. The van der Waals surface area contributed by atoms with E-state index in [-0.39, 0.29) is 12.1 Å². The molecule has 0 atom stereocenters. The number of para-hydroxylation sites is 1. The van der Waals surface area contributed by atoms with Crippen LogP contribution in [0.15, 0.2) is 24.4 Å². The zero-order valence-electron chi connectivity index (χ0n) is 16.0. The first-order valence-electron chi connectivity index (χ1n) is 9.28. The van der Waals surface area contributed by atoms with Gasteiger partial charge >= 0.3 is 6.09 Å². The molecule has 8 nitrogen and oxygen atoms in total. The molecule has 1 fully saturated rings. The van der Waals surface area contributed by atoms with Gasteiger partial charge in [0.25, 0.3) is 0 Å². The summed E-state index contributed by atoms with van der Waals surface area (Å²) < 4.78 is 5.05. The van der Waals surface area contributed by atoms with Crippen molar-refractivity contribution in [1.29, 1.82) is 0 Å². The third-order valence-electron chi connectivity index (χ3n) is 4.65. The highest BCUT2D eigenvalue weighted by Gasteiger charge is 2.23. The van der Waals surface area contributed by atoms with Crippen LogP contribution in [0.2, 0.25) is 0 Å². The Morgan fingerprint density at radius 3 is 2.63 bits per heavy atom. The molecular formula is C19H26N6O2. The Bertz CT molecular complexity index is 769. The summed E-state index contributed by atoms with van der Waals surface area (Å²) in [6, 6.07) is 6.35. The lowest BCUT2D eigenvalue weighted by molar-refractivity contribution is 0.0983. The Morgan fingerprint density at radius 2 is 1.96 bits per heavy atom. The van der Waals surface area contributed by atoms with E-state index in [2.05, 4.69) is 25.8 Å². The van der Waals surface area contributed by atoms with Gasteiger partial charge in [-0.3, -0.25) is 0 Å². The number of piperidine rings is 1. The molecule has 0 aliphatic carbocycles. The Hall–Kier alpha value is -2.90. The standard InChI is InChI=1S/C19H26N6O2/c1-4-27-19(26)25-10-8-15(9-11-25)21-16-12-20-24-18(22-16)23-17-13(2)6-5-7-14(17)3/h5-7,12,15H,4,8-11H2,1-3H3,(H2,21,22,23,24). The SMILES string of the molecule is CCOC(=O)N1CCC(Nc2cnnc(Nc3c(C)cccc3C)n2)CC1. The van der Waals surface area contributed by atoms with Gasteiger partial charge in [-0.15, -0.1) is 5.10 Å². The number of nitrogens with zero attached hydrogens (tertiary/aromatic N) is 4. The number of carbonyl (C=O) groups excluding carboxylic acids is 1. The molecule has 0 saturated carbocycles. The lowest BCUT2D eigenvalue weighted by Gasteiger charge is -2.31. The number of aromatic nitrogens is 3. The van der Waals surface area contributed by atoms with Crippen LogP contribution in [-0.2, 0) is 4.74 Å². The molecule has 0 unspecified atom stereocenters. The first-order valence-corrected chi connectivity index (χ1v) is 9.28. The van der Waals surface area contributed by atoms with E-state index in [1.165, 1.54) is 0 Å². The zero-order valence-corrected chi connectivity index (χ0v) is 16.0. The van der Waals surface area contributed by atoms with Crippen molar-refractivity contribution in [2.75, 3.05) is 30.3 Å². The molecule has 0 bridgehead atoms. The summed E-state index contributed by atoms with van der Waals surface area (Å²) >= 11 is 0. The van der Waals surface area contributed by atoms with E-state index < -0.39 is 0 Å². The van der Waals surface area contributed by atoms with E-state index in [1.54, 1.807) is 11.1 Å². The van der Waals surface area contributed by atoms with Gasteiger partial charge in [-0.2, -0.15) is 10.1 Å². The number of carbonyl (C=O) groups is 1. The van der Waals surface area contributed by atoms with E-state index in [9.17, 15) is 4.79 Å². The summed E-state index contributed by atoms with van der Waals surface area (Å²) in [5.41, 5.74) is 3.26. The van der Waals surface area contributed by atoms with Crippen LogP contribution in [0.25, 0.3) is 0 Å². The van der Waals surface area contributed by atoms with Crippen molar-refractivity contribution >= 4 is 23.5 Å². The molecule has 2 N–H and O–H groups in total. The fourth-order valence-electron chi connectivity index (χ4n) is 3.18. The van der Waals surface area contributed by atoms with Crippen LogP contribution in [0.4, 0.5) is 22.2 Å². The predicted octanol–water partition coefficient (Wildman–Crippen LogP) is 3.26. The lowest BCUT2D eigenvalue weighted by atomic mass is 10.1. The number of aryl methyl sites for hydroxylation is 2. The molecule has 1 aliphatic rings. The normalized spacial score (nSPS) is 14.7. The second kappa shape index (κ2) is 8.66. The second-order valence-electron chi connectivity index (χ2n) is 6.66. The smallest absolute Gasteiger partial charge is 0.409 e. The van der Waals surface area contributed by atoms with Crippen LogP contribution >= 0.6 is 0 Å². The quantitative estimate of drug-likeness (QED) is 0.834. The van der Waals surface area contributed by atoms with Crippen molar-refractivity contribution in [1.82, 2.24) is 20.1 Å². The Morgan fingerprint density at radius 1 is 1.26 bits per heavy atom. The van der Waals surface area contributed by atoms with E-state index in [0.29, 0.717) is 31.5 Å². The molecule has 144 valence electrons. The number of nitrogens with one attached hydrogen (secondary N) is 2. The van der Waals surface area contributed by atoms with Gasteiger partial charge in [-0.05, 0) is 44.7 Å². The number of benzene rings is 1. The van der Waals surface area contributed by atoms with Crippen molar-refractivity contribution in [3.8, 4) is 0 Å². The second-order valence-corrected chi connectivity index (χ2v) is 6.66. The summed E-state index contributed by atoms with van der Waals surface area (Å²) in [5, 5.41) is 14.8. The van der Waals surface area contributed by atoms with Gasteiger partial charge in [-0.25, -0.2) is 4.79 Å². The molecule has 0 radical (unpaired) electrons. The van der Waals surface area contributed by atoms with Gasteiger partial charge in [0.15, 0.2) is 5.82 Å². The van der Waals surface area contributed by atoms with Crippen LogP contribution in [0.3, 0.4) is 0 Å². The summed E-state index contributed by atoms with van der Waals surface area (Å²) in [6.45, 7) is 7.65. The number of hydrogen-bond donors (Lipinski definition) is 2. The van der Waals surface area contributed by atoms with E-state index in [1.807, 2.05) is 39.0 Å². The summed E-state index contributed by atoms with van der Waals surface area (Å²) in [6.07, 6.45) is 3.05. The molecule has 3 rings (SSSR count). The Balaban J connectivity index is 1.59. The van der Waals surface area contributed by atoms with Gasteiger partial charge in [0, 0.05) is 24.8 Å². The van der Waals surface area contributed by atoms with Crippen LogP contribution < -0.4 is 10.6 Å². The highest BCUT2D eigenvalue weighted by atomic mass is 16.6. The van der Waals surface area contributed by atoms with Crippen molar-refractivity contribution in [2.45, 2.75) is 39.7 Å². The van der Waals surface area contributed by atoms with Crippen molar-refractivity contribution in [2.24, 2.45) is 0 Å². The third kappa shape index (κ3) is 4.84. The average Bonchev–Trinajstić information content (AvgIpc) is 2.66. The van der Waals surface area contributed by atoms with Gasteiger partial charge in [0.1, 0.15) is 0 Å². The zero-order chi connectivity index (χ0) is 19.2. The van der Waals surface area contributed by atoms with Crippen LogP contribution in [0.1, 0.15) is 30.9 Å². The van der Waals surface area contributed by atoms with Crippen molar-refractivity contribution in [3.05, 3.63) is 35.5 Å². The lowest BCUT2D eigenvalue weighted by Crippen LogP contribution is -2.42. The maximum absolute atomic E-state index is 11.8. The van der Waals surface area contributed by atoms with E-state index in [0.717, 1.165) is 29.7 Å². The minimum atomic E-state index is -0.236. The first kappa shape index (κ1) is 18.9. The fraction of sp³-hybridized carbons (Fsp3) is 0.474. The van der Waals surface area contributed by atoms with Gasteiger partial charge in [-0.1, -0.05) is 18.2 Å². The average molecular weight is 370 g/mol. The van der Waals surface area contributed by atoms with Crippen molar-refractivity contribution in [3.63, 3.8) is 0 Å². The largest absolute Gasteiger partial charge is 0.450 e. The van der Waals surface area contributed by atoms with Crippen LogP contribution in [0.5, 0.6) is 0 Å². The van der Waals surface area contributed by atoms with E-state index in [4.69, 9.17) is 4.74 Å². The molecule has 0 spiro atoms. The summed E-state index contributed by atoms with van der Waals surface area (Å²) in [7, 11) is 0. The Labute approximate surface area is 159 Å². The molecule has 2 heterocycles. The van der Waals surface area contributed by atoms with Crippen LogP contribution in [0, 0.1) is 13.8 Å². The topological polar surface area (TPSA) is 92.3 Å². The van der Waals surface area contributed by atoms with Gasteiger partial charge < -0.3 is 20.3 Å². The number of rotatable bonds is 5. The van der Waals surface area contributed by atoms with Crippen LogP contribution in [-0.4, -0.2) is 51.9 Å².